The van der Waals surface area contributed by atoms with Gasteiger partial charge >= 0.3 is 30.3 Å². The van der Waals surface area contributed by atoms with Crippen molar-refractivity contribution in [3.8, 4) is 0 Å². The van der Waals surface area contributed by atoms with Crippen molar-refractivity contribution in [1.29, 1.82) is 0 Å². The first kappa shape index (κ1) is 30.9. The number of carboxylic acids is 3. The van der Waals surface area contributed by atoms with E-state index in [9.17, 15) is 35.9 Å². The minimum Gasteiger partial charge on any atom is -0.480 e. The summed E-state index contributed by atoms with van der Waals surface area (Å²) in [5, 5.41) is 28.7. The quantitative estimate of drug-likeness (QED) is 0.219. The van der Waals surface area contributed by atoms with Gasteiger partial charge in [-0.1, -0.05) is 0 Å². The minimum absolute atomic E-state index is 0.0255. The summed E-state index contributed by atoms with van der Waals surface area (Å²) in [4.78, 5) is 39.8. The zero-order valence-electron chi connectivity index (χ0n) is 15.6. The number of nitrogens with two attached hydrogens (primary N) is 1. The molecule has 10 nitrogen and oxygen atoms in total. The van der Waals surface area contributed by atoms with Gasteiger partial charge in [0.15, 0.2) is 0 Å². The lowest BCUT2D eigenvalue weighted by atomic mass is 10.1. The van der Waals surface area contributed by atoms with Gasteiger partial charge in [0.05, 0.1) is 6.04 Å². The fourth-order valence-corrected chi connectivity index (χ4v) is 2.45. The number of carbonyl (C=O) groups is 4. The molecule has 1 amide bonds. The Hall–Kier alpha value is -2.27. The fourth-order valence-electron chi connectivity index (χ4n) is 1.51. The number of halogens is 6. The Labute approximate surface area is 175 Å². The van der Waals surface area contributed by atoms with E-state index in [2.05, 4.69) is 10.6 Å². The number of aliphatic carboxylic acids is 3. The molecule has 0 aromatic heterocycles. The maximum absolute atomic E-state index is 11.5. The molecule has 0 saturated carbocycles. The third kappa shape index (κ3) is 17.1. The standard InChI is InChI=1S/C10H19N3O3S.2C2HF3O2/c11-7(10(15)16)3-1-2-4-12-9(14)8-5-17-6-13-8;2*3-2(4,5)1(6)7/h7-8,13H,1-6,11H2,(H,12,14)(H,15,16);2*(H,6,7)/t7-,8+;;/m0../s1. The Morgan fingerprint density at radius 1 is 1.00 bits per heavy atom. The molecule has 1 fully saturated rings. The molecule has 0 bridgehead atoms. The molecule has 0 unspecified atom stereocenters. The Kier molecular flexibility index (Phi) is 14.6. The highest BCUT2D eigenvalue weighted by Crippen LogP contribution is 2.13. The molecule has 0 aliphatic carbocycles. The average Bonchev–Trinajstić information content (AvgIpc) is 3.15. The number of hydrogen-bond acceptors (Lipinski definition) is 7. The number of carbonyl (C=O) groups excluding carboxylic acids is 1. The topological polar surface area (TPSA) is 179 Å². The lowest BCUT2D eigenvalue weighted by Gasteiger charge is -2.10. The van der Waals surface area contributed by atoms with Crippen molar-refractivity contribution in [2.75, 3.05) is 18.2 Å². The van der Waals surface area contributed by atoms with Gasteiger partial charge in [0.25, 0.3) is 0 Å². The summed E-state index contributed by atoms with van der Waals surface area (Å²) >= 11 is 1.71. The number of nitrogens with one attached hydrogen (secondary N) is 2. The molecule has 7 N–H and O–H groups in total. The summed E-state index contributed by atoms with van der Waals surface area (Å²) in [6, 6.07) is -0.875. The first-order valence-corrected chi connectivity index (χ1v) is 9.33. The molecule has 31 heavy (non-hydrogen) atoms. The summed E-state index contributed by atoms with van der Waals surface area (Å²) in [5.74, 6) is -4.82. The van der Waals surface area contributed by atoms with Gasteiger partial charge in [0.1, 0.15) is 6.04 Å². The van der Waals surface area contributed by atoms with E-state index in [1.807, 2.05) is 0 Å². The molecule has 0 radical (unpaired) electrons. The van der Waals surface area contributed by atoms with Gasteiger partial charge in [0, 0.05) is 18.2 Å². The Morgan fingerprint density at radius 3 is 1.77 bits per heavy atom. The van der Waals surface area contributed by atoms with E-state index in [1.165, 1.54) is 0 Å². The molecule has 2 atom stereocenters. The van der Waals surface area contributed by atoms with Gasteiger partial charge in [-0.25, -0.2) is 9.59 Å². The molecule has 182 valence electrons. The fraction of sp³-hybridized carbons (Fsp3) is 0.714. The normalized spacial score (nSPS) is 16.7. The number of hydrogen-bond donors (Lipinski definition) is 6. The van der Waals surface area contributed by atoms with E-state index >= 15 is 0 Å². The van der Waals surface area contributed by atoms with Crippen LogP contribution >= 0.6 is 11.8 Å². The van der Waals surface area contributed by atoms with Gasteiger partial charge in [-0.15, -0.1) is 11.8 Å². The first-order valence-electron chi connectivity index (χ1n) is 8.17. The summed E-state index contributed by atoms with van der Waals surface area (Å²) in [6.45, 7) is 0.577. The SMILES string of the molecule is N[C@@H](CCCCNC(=O)[C@H]1CSCN1)C(=O)O.O=C(O)C(F)(F)F.O=C(O)C(F)(F)F. The van der Waals surface area contributed by atoms with Crippen LogP contribution in [-0.2, 0) is 19.2 Å². The monoisotopic (exact) mass is 489 g/mol. The molecule has 1 heterocycles. The first-order chi connectivity index (χ1) is 14.0. The van der Waals surface area contributed by atoms with Crippen LogP contribution in [-0.4, -0.2) is 81.7 Å². The smallest absolute Gasteiger partial charge is 0.480 e. The van der Waals surface area contributed by atoms with Crippen molar-refractivity contribution in [2.45, 2.75) is 43.7 Å². The van der Waals surface area contributed by atoms with Crippen LogP contribution in [0.2, 0.25) is 0 Å². The molecular formula is C14H21F6N3O7S. The third-order valence-electron chi connectivity index (χ3n) is 3.08. The van der Waals surface area contributed by atoms with Crippen LogP contribution in [0.4, 0.5) is 26.3 Å². The van der Waals surface area contributed by atoms with Crippen molar-refractivity contribution < 1.29 is 60.8 Å². The van der Waals surface area contributed by atoms with E-state index in [0.29, 0.717) is 19.4 Å². The molecule has 1 aliphatic heterocycles. The number of alkyl halides is 6. The minimum atomic E-state index is -5.08. The highest BCUT2D eigenvalue weighted by molar-refractivity contribution is 7.99. The van der Waals surface area contributed by atoms with Crippen LogP contribution in [0.15, 0.2) is 0 Å². The van der Waals surface area contributed by atoms with E-state index in [0.717, 1.165) is 18.1 Å². The van der Waals surface area contributed by atoms with Gasteiger partial charge in [-0.05, 0) is 19.3 Å². The summed E-state index contributed by atoms with van der Waals surface area (Å²) < 4.78 is 63.5. The largest absolute Gasteiger partial charge is 0.490 e. The van der Waals surface area contributed by atoms with Crippen LogP contribution in [0.1, 0.15) is 19.3 Å². The van der Waals surface area contributed by atoms with Crippen LogP contribution in [0.25, 0.3) is 0 Å². The maximum Gasteiger partial charge on any atom is 0.490 e. The molecular weight excluding hydrogens is 468 g/mol. The second-order valence-corrected chi connectivity index (χ2v) is 6.64. The molecule has 0 aromatic carbocycles. The molecule has 0 spiro atoms. The average molecular weight is 489 g/mol. The van der Waals surface area contributed by atoms with Crippen molar-refractivity contribution in [3.05, 3.63) is 0 Å². The van der Waals surface area contributed by atoms with Crippen LogP contribution in [0.3, 0.4) is 0 Å². The predicted molar refractivity (Wildman–Crippen MR) is 94.1 cm³/mol. The lowest BCUT2D eigenvalue weighted by molar-refractivity contribution is -0.193. The summed E-state index contributed by atoms with van der Waals surface area (Å²) in [6.07, 6.45) is -8.25. The molecule has 1 rings (SSSR count). The van der Waals surface area contributed by atoms with Gasteiger partial charge in [0.2, 0.25) is 5.91 Å². The summed E-state index contributed by atoms with van der Waals surface area (Å²) in [7, 11) is 0. The second-order valence-electron chi connectivity index (χ2n) is 5.61. The predicted octanol–water partition coefficient (Wildman–Crippen LogP) is 0.614. The van der Waals surface area contributed by atoms with Gasteiger partial charge in [-0.2, -0.15) is 26.3 Å². The lowest BCUT2D eigenvalue weighted by Crippen LogP contribution is -2.42. The number of rotatable bonds is 7. The second kappa shape index (κ2) is 14.7. The Bertz CT molecular complexity index is 574. The van der Waals surface area contributed by atoms with Crippen molar-refractivity contribution in [1.82, 2.24) is 10.6 Å². The highest BCUT2D eigenvalue weighted by Gasteiger charge is 2.38. The van der Waals surface area contributed by atoms with Gasteiger partial charge in [-0.3, -0.25) is 14.9 Å². The zero-order valence-corrected chi connectivity index (χ0v) is 16.4. The Balaban J connectivity index is 0. The maximum atomic E-state index is 11.5. The van der Waals surface area contributed by atoms with Crippen LogP contribution in [0, 0.1) is 0 Å². The zero-order chi connectivity index (χ0) is 24.8. The Morgan fingerprint density at radius 2 is 1.45 bits per heavy atom. The summed E-state index contributed by atoms with van der Waals surface area (Å²) in [5.41, 5.74) is 5.36. The van der Waals surface area contributed by atoms with E-state index in [1.54, 1.807) is 11.8 Å². The van der Waals surface area contributed by atoms with E-state index < -0.39 is 36.3 Å². The van der Waals surface area contributed by atoms with Crippen molar-refractivity contribution in [2.24, 2.45) is 5.73 Å². The number of amides is 1. The van der Waals surface area contributed by atoms with Crippen molar-refractivity contribution >= 4 is 35.6 Å². The van der Waals surface area contributed by atoms with E-state index in [-0.39, 0.29) is 11.9 Å². The van der Waals surface area contributed by atoms with Crippen LogP contribution < -0.4 is 16.4 Å². The van der Waals surface area contributed by atoms with E-state index in [4.69, 9.17) is 30.6 Å². The van der Waals surface area contributed by atoms with Crippen LogP contribution in [0.5, 0.6) is 0 Å². The number of carboxylic acid groups (broad SMARTS) is 3. The molecule has 1 saturated heterocycles. The highest BCUT2D eigenvalue weighted by atomic mass is 32.2. The molecule has 0 aromatic rings. The number of unbranched alkanes of at least 4 members (excludes halogenated alkanes) is 1. The van der Waals surface area contributed by atoms with Crippen molar-refractivity contribution in [3.63, 3.8) is 0 Å². The number of thioether (sulfide) groups is 1. The molecule has 17 heteroatoms. The third-order valence-corrected chi connectivity index (χ3v) is 4.02. The van der Waals surface area contributed by atoms with Gasteiger partial charge < -0.3 is 26.4 Å². The molecule has 1 aliphatic rings.